The maximum atomic E-state index is 5.85. The number of aromatic nitrogens is 7. The van der Waals surface area contributed by atoms with E-state index in [-0.39, 0.29) is 0 Å². The number of nitrogens with zero attached hydrogens (tertiary/aromatic N) is 6. The second kappa shape index (κ2) is 11.7. The van der Waals surface area contributed by atoms with Crippen molar-refractivity contribution in [3.63, 3.8) is 0 Å². The third-order valence-corrected chi connectivity index (χ3v) is 6.93. The molecule has 1 saturated heterocycles. The second-order valence-electron chi connectivity index (χ2n) is 9.64. The number of nitrogens with one attached hydrogen (secondary N) is 1. The quantitative estimate of drug-likeness (QED) is 0.269. The molecule has 2 aromatic carbocycles. The number of H-pyrrole nitrogens is 1. The van der Waals surface area contributed by atoms with E-state index in [4.69, 9.17) is 14.5 Å². The topological polar surface area (TPSA) is 104 Å². The molecule has 1 N–H and O–H groups in total. The predicted octanol–water partition coefficient (Wildman–Crippen LogP) is 5.62. The predicted molar refractivity (Wildman–Crippen MR) is 147 cm³/mol. The molecule has 5 aromatic rings. The zero-order valence-corrected chi connectivity index (χ0v) is 22.0. The lowest BCUT2D eigenvalue weighted by Crippen LogP contribution is -2.18. The van der Waals surface area contributed by atoms with Crippen molar-refractivity contribution in [2.45, 2.75) is 45.4 Å². The maximum Gasteiger partial charge on any atom is 0.205 e. The Morgan fingerprint density at radius 2 is 1.74 bits per heavy atom. The van der Waals surface area contributed by atoms with Crippen LogP contribution in [0.3, 0.4) is 0 Å². The van der Waals surface area contributed by atoms with Crippen LogP contribution in [0.2, 0.25) is 0 Å². The normalized spacial score (nSPS) is 14.1. The van der Waals surface area contributed by atoms with Crippen LogP contribution in [0.15, 0.2) is 73.2 Å². The average molecular weight is 522 g/mol. The summed E-state index contributed by atoms with van der Waals surface area (Å²) in [5.41, 5.74) is 7.27. The van der Waals surface area contributed by atoms with Gasteiger partial charge in [-0.1, -0.05) is 49.7 Å². The highest BCUT2D eigenvalue weighted by Gasteiger charge is 2.22. The van der Waals surface area contributed by atoms with Gasteiger partial charge in [0.25, 0.3) is 0 Å². The third kappa shape index (κ3) is 5.50. The molecule has 0 bridgehead atoms. The third-order valence-electron chi connectivity index (χ3n) is 6.93. The maximum absolute atomic E-state index is 5.85. The van der Waals surface area contributed by atoms with Crippen LogP contribution in [-0.4, -0.2) is 48.4 Å². The van der Waals surface area contributed by atoms with Crippen LogP contribution in [0.25, 0.3) is 33.6 Å². The summed E-state index contributed by atoms with van der Waals surface area (Å²) in [6, 6.07) is 18.8. The summed E-state index contributed by atoms with van der Waals surface area (Å²) < 4.78 is 13.9. The van der Waals surface area contributed by atoms with E-state index in [1.807, 2.05) is 42.7 Å². The van der Waals surface area contributed by atoms with Crippen molar-refractivity contribution in [3.8, 4) is 33.6 Å². The summed E-state index contributed by atoms with van der Waals surface area (Å²) in [7, 11) is 0. The largest absolute Gasteiger partial charge is 0.347 e. The fraction of sp³-hybridized carbons (Fsp3) is 0.300. The first-order valence-electron chi connectivity index (χ1n) is 13.5. The summed E-state index contributed by atoms with van der Waals surface area (Å²) in [6.07, 6.45) is 9.37. The molecule has 0 spiro atoms. The van der Waals surface area contributed by atoms with Crippen LogP contribution in [0.4, 0.5) is 0 Å². The number of tetrazole rings is 1. The van der Waals surface area contributed by atoms with Crippen LogP contribution in [-0.2, 0) is 22.4 Å². The Morgan fingerprint density at radius 1 is 0.949 bits per heavy atom. The molecule has 0 atom stereocenters. The molecule has 0 saturated carbocycles. The molecule has 9 nitrogen and oxygen atoms in total. The zero-order chi connectivity index (χ0) is 26.4. The van der Waals surface area contributed by atoms with E-state index >= 15 is 0 Å². The number of imidazole rings is 1. The van der Waals surface area contributed by atoms with E-state index in [2.05, 4.69) is 67.6 Å². The van der Waals surface area contributed by atoms with Gasteiger partial charge in [-0.05, 0) is 64.1 Å². The SMILES string of the molecule is CCCCc1nc(C2OCCCO2)cn1Cc1ccc(-c2ccccc2-c2nn[nH]n2)c(-c2ccncc2)c1. The summed E-state index contributed by atoms with van der Waals surface area (Å²) >= 11 is 0. The minimum atomic E-state index is -0.392. The smallest absolute Gasteiger partial charge is 0.205 e. The van der Waals surface area contributed by atoms with Gasteiger partial charge in [0.2, 0.25) is 12.1 Å². The molecule has 0 unspecified atom stereocenters. The first-order chi connectivity index (χ1) is 19.3. The molecule has 0 amide bonds. The van der Waals surface area contributed by atoms with Gasteiger partial charge in [0.05, 0.1) is 13.2 Å². The lowest BCUT2D eigenvalue weighted by Gasteiger charge is -2.21. The van der Waals surface area contributed by atoms with Gasteiger partial charge in [-0.2, -0.15) is 5.21 Å². The zero-order valence-electron chi connectivity index (χ0n) is 22.0. The fourth-order valence-corrected chi connectivity index (χ4v) is 5.00. The van der Waals surface area contributed by atoms with E-state index in [1.54, 1.807) is 0 Å². The first kappa shape index (κ1) is 25.1. The van der Waals surface area contributed by atoms with Crippen molar-refractivity contribution in [1.29, 1.82) is 0 Å². The molecule has 3 aromatic heterocycles. The minimum absolute atomic E-state index is 0.392. The summed E-state index contributed by atoms with van der Waals surface area (Å²) in [4.78, 5) is 9.18. The van der Waals surface area contributed by atoms with Crippen LogP contribution >= 0.6 is 0 Å². The van der Waals surface area contributed by atoms with Crippen molar-refractivity contribution in [2.75, 3.05) is 13.2 Å². The lowest BCUT2D eigenvalue weighted by atomic mass is 9.90. The van der Waals surface area contributed by atoms with Crippen LogP contribution in [0, 0.1) is 0 Å². The molecule has 0 radical (unpaired) electrons. The highest BCUT2D eigenvalue weighted by molar-refractivity contribution is 5.90. The molecule has 6 rings (SSSR count). The van der Waals surface area contributed by atoms with Gasteiger partial charge < -0.3 is 14.0 Å². The number of benzene rings is 2. The number of aromatic amines is 1. The van der Waals surface area contributed by atoms with E-state index < -0.39 is 6.29 Å². The number of unbranched alkanes of at least 4 members (excludes halogenated alkanes) is 1. The van der Waals surface area contributed by atoms with E-state index in [0.717, 1.165) is 65.0 Å². The minimum Gasteiger partial charge on any atom is -0.347 e. The van der Waals surface area contributed by atoms with Gasteiger partial charge >= 0.3 is 0 Å². The van der Waals surface area contributed by atoms with E-state index in [1.165, 1.54) is 5.56 Å². The van der Waals surface area contributed by atoms with E-state index in [0.29, 0.717) is 25.6 Å². The standard InChI is InChI=1S/C30H31N7O2/c1-2-3-9-28-32-27(30-38-16-6-17-39-30)20-37(28)19-21-10-11-24(26(18-21)22-12-14-31-15-13-22)23-7-4-5-8-25(23)29-33-35-36-34-29/h4-5,7-8,10-15,18,20,30H,2-3,6,9,16-17,19H2,1H3,(H,33,34,35,36). The van der Waals surface area contributed by atoms with E-state index in [9.17, 15) is 0 Å². The first-order valence-corrected chi connectivity index (χ1v) is 13.5. The Morgan fingerprint density at radius 3 is 2.51 bits per heavy atom. The van der Waals surface area contributed by atoms with Crippen molar-refractivity contribution in [3.05, 3.63) is 90.3 Å². The average Bonchev–Trinajstić information content (AvgIpc) is 3.68. The molecular formula is C30H31N7O2. The number of rotatable bonds is 9. The Kier molecular flexibility index (Phi) is 7.51. The molecule has 39 heavy (non-hydrogen) atoms. The Balaban J connectivity index is 1.40. The Bertz CT molecular complexity index is 1510. The monoisotopic (exact) mass is 521 g/mol. The summed E-state index contributed by atoms with van der Waals surface area (Å²) in [5, 5.41) is 14.8. The van der Waals surface area contributed by atoms with Crippen LogP contribution in [0.5, 0.6) is 0 Å². The Hall–Kier alpha value is -4.21. The molecule has 4 heterocycles. The highest BCUT2D eigenvalue weighted by atomic mass is 16.7. The lowest BCUT2D eigenvalue weighted by molar-refractivity contribution is -0.184. The molecule has 1 aliphatic rings. The van der Waals surface area contributed by atoms with Gasteiger partial charge in [0.15, 0.2) is 0 Å². The molecule has 0 aliphatic carbocycles. The van der Waals surface area contributed by atoms with Gasteiger partial charge in [-0.3, -0.25) is 4.98 Å². The number of ether oxygens (including phenoxy) is 2. The second-order valence-corrected chi connectivity index (χ2v) is 9.64. The van der Waals surface area contributed by atoms with Crippen LogP contribution < -0.4 is 0 Å². The Labute approximate surface area is 227 Å². The van der Waals surface area contributed by atoms with Gasteiger partial charge in [0.1, 0.15) is 11.5 Å². The van der Waals surface area contributed by atoms with Crippen molar-refractivity contribution >= 4 is 0 Å². The molecule has 9 heteroatoms. The molecule has 198 valence electrons. The highest BCUT2D eigenvalue weighted by Crippen LogP contribution is 2.37. The molecule has 1 fully saturated rings. The summed E-state index contributed by atoms with van der Waals surface area (Å²) in [5.74, 6) is 1.62. The number of hydrogen-bond donors (Lipinski definition) is 1. The molecular weight excluding hydrogens is 490 g/mol. The van der Waals surface area contributed by atoms with Gasteiger partial charge in [-0.15, -0.1) is 10.2 Å². The number of hydrogen-bond acceptors (Lipinski definition) is 7. The van der Waals surface area contributed by atoms with Crippen LogP contribution in [0.1, 0.15) is 49.6 Å². The number of aryl methyl sites for hydroxylation is 1. The van der Waals surface area contributed by atoms with Crippen molar-refractivity contribution in [1.82, 2.24) is 35.2 Å². The fourth-order valence-electron chi connectivity index (χ4n) is 5.00. The number of pyridine rings is 1. The summed E-state index contributed by atoms with van der Waals surface area (Å²) in [6.45, 7) is 4.30. The van der Waals surface area contributed by atoms with Gasteiger partial charge in [-0.25, -0.2) is 4.98 Å². The van der Waals surface area contributed by atoms with Crippen molar-refractivity contribution in [2.24, 2.45) is 0 Å². The molecule has 1 aliphatic heterocycles. The van der Waals surface area contributed by atoms with Crippen molar-refractivity contribution < 1.29 is 9.47 Å². The van der Waals surface area contributed by atoms with Gasteiger partial charge in [0, 0.05) is 37.1 Å².